The standard InChI is InChI=1S/C42H66O15/c1-37(2)13-14-41(35(50)51)15-16-42(36(52)53)20(21(41)17-37)7-8-25-39(5)11-10-26(38(3,4)24(39)9-12-40(25,42)6)56-34-32(30(48)28(46)23(19-44)55-34)57-33-31(49)29(47)27(45)22(18-43)54-33/h17,20,22-34,43-49H,7-16,18-19H2,1-6H3,(H,50,51)(H,52,53). The lowest BCUT2D eigenvalue weighted by molar-refractivity contribution is -0.378. The molecule has 18 unspecified atom stereocenters. The molecule has 0 spiro atoms. The molecule has 0 bridgehead atoms. The van der Waals surface area contributed by atoms with Gasteiger partial charge in [0.2, 0.25) is 0 Å². The van der Waals surface area contributed by atoms with Gasteiger partial charge < -0.3 is 64.9 Å². The minimum Gasteiger partial charge on any atom is -0.481 e. The number of aliphatic hydroxyl groups excluding tert-OH is 7. The average Bonchev–Trinajstić information content (AvgIpc) is 3.14. The molecule has 0 amide bonds. The van der Waals surface area contributed by atoms with Crippen LogP contribution in [-0.2, 0) is 28.5 Å². The first-order valence-electron chi connectivity index (χ1n) is 21.0. The number of aliphatic hydroxyl groups is 7. The van der Waals surface area contributed by atoms with E-state index in [2.05, 4.69) is 47.6 Å². The highest BCUT2D eigenvalue weighted by Gasteiger charge is 2.74. The zero-order valence-corrected chi connectivity index (χ0v) is 34.1. The number of aliphatic carboxylic acids is 2. The zero-order chi connectivity index (χ0) is 41.8. The summed E-state index contributed by atoms with van der Waals surface area (Å²) in [5, 5.41) is 95.5. The predicted molar refractivity (Wildman–Crippen MR) is 200 cm³/mol. The average molecular weight is 811 g/mol. The number of ether oxygens (including phenoxy) is 4. The normalized spacial score (nSPS) is 51.6. The monoisotopic (exact) mass is 810 g/mol. The van der Waals surface area contributed by atoms with Crippen molar-refractivity contribution in [3.63, 3.8) is 0 Å². The van der Waals surface area contributed by atoms with Gasteiger partial charge in [0.05, 0.1) is 30.1 Å². The van der Waals surface area contributed by atoms with Gasteiger partial charge in [-0.25, -0.2) is 0 Å². The quantitative estimate of drug-likeness (QED) is 0.126. The van der Waals surface area contributed by atoms with Crippen molar-refractivity contribution in [2.45, 2.75) is 173 Å². The second kappa shape index (κ2) is 14.7. The number of hydrogen-bond donors (Lipinski definition) is 9. The molecule has 5 aliphatic carbocycles. The fraction of sp³-hybridized carbons (Fsp3) is 0.905. The van der Waals surface area contributed by atoms with Gasteiger partial charge in [-0.15, -0.1) is 0 Å². The topological polar surface area (TPSA) is 253 Å². The van der Waals surface area contributed by atoms with E-state index in [1.54, 1.807) is 0 Å². The maximum atomic E-state index is 14.0. The number of fused-ring (bicyclic) bond motifs is 7. The van der Waals surface area contributed by atoms with Crippen molar-refractivity contribution in [2.24, 2.45) is 50.2 Å². The van der Waals surface area contributed by atoms with Crippen molar-refractivity contribution >= 4 is 11.9 Å². The first kappa shape index (κ1) is 43.3. The summed E-state index contributed by atoms with van der Waals surface area (Å²) in [7, 11) is 0. The largest absolute Gasteiger partial charge is 0.481 e. The molecule has 0 aromatic rings. The maximum absolute atomic E-state index is 14.0. The second-order valence-corrected chi connectivity index (χ2v) is 20.4. The molecule has 324 valence electrons. The van der Waals surface area contributed by atoms with E-state index in [1.807, 2.05) is 0 Å². The minimum atomic E-state index is -1.79. The van der Waals surface area contributed by atoms with E-state index < -0.39 is 114 Å². The maximum Gasteiger partial charge on any atom is 0.313 e. The molecule has 2 aliphatic heterocycles. The van der Waals surface area contributed by atoms with Crippen LogP contribution in [0.15, 0.2) is 11.6 Å². The molecule has 15 heteroatoms. The molecule has 15 nitrogen and oxygen atoms in total. The van der Waals surface area contributed by atoms with E-state index in [1.165, 1.54) is 0 Å². The van der Waals surface area contributed by atoms with Crippen LogP contribution in [0.2, 0.25) is 0 Å². The van der Waals surface area contributed by atoms with E-state index in [0.717, 1.165) is 18.4 Å². The van der Waals surface area contributed by atoms with Gasteiger partial charge in [0, 0.05) is 0 Å². The van der Waals surface area contributed by atoms with Crippen molar-refractivity contribution in [2.75, 3.05) is 13.2 Å². The number of carboxylic acids is 2. The van der Waals surface area contributed by atoms with Gasteiger partial charge in [-0.2, -0.15) is 0 Å². The fourth-order valence-corrected chi connectivity index (χ4v) is 13.9. The molecule has 0 aromatic heterocycles. The Hall–Kier alpha value is -1.76. The van der Waals surface area contributed by atoms with Crippen LogP contribution in [0, 0.1) is 50.2 Å². The number of allylic oxidation sites excluding steroid dienone is 1. The van der Waals surface area contributed by atoms with Gasteiger partial charge in [-0.1, -0.05) is 53.2 Å². The van der Waals surface area contributed by atoms with Gasteiger partial charge >= 0.3 is 11.9 Å². The molecule has 2 heterocycles. The molecule has 0 radical (unpaired) electrons. The number of hydrogen-bond acceptors (Lipinski definition) is 13. The lowest BCUT2D eigenvalue weighted by atomic mass is 9.32. The molecular formula is C42H66O15. The van der Waals surface area contributed by atoms with Crippen molar-refractivity contribution < 1.29 is 74.5 Å². The third-order valence-electron chi connectivity index (χ3n) is 17.0. The van der Waals surface area contributed by atoms with Crippen LogP contribution in [0.3, 0.4) is 0 Å². The smallest absolute Gasteiger partial charge is 0.313 e. The van der Waals surface area contributed by atoms with E-state index in [9.17, 15) is 55.5 Å². The lowest BCUT2D eigenvalue weighted by Gasteiger charge is -2.71. The molecule has 0 aromatic carbocycles. The van der Waals surface area contributed by atoms with E-state index >= 15 is 0 Å². The third-order valence-corrected chi connectivity index (χ3v) is 17.0. The Morgan fingerprint density at radius 2 is 1.28 bits per heavy atom. The highest BCUT2D eigenvalue weighted by atomic mass is 16.8. The van der Waals surface area contributed by atoms with Gasteiger partial charge in [-0.3, -0.25) is 9.59 Å². The molecule has 7 rings (SSSR count). The molecule has 4 saturated carbocycles. The first-order valence-corrected chi connectivity index (χ1v) is 21.0. The van der Waals surface area contributed by atoms with E-state index in [-0.39, 0.29) is 28.6 Å². The van der Waals surface area contributed by atoms with Crippen molar-refractivity contribution in [1.29, 1.82) is 0 Å². The Morgan fingerprint density at radius 3 is 1.89 bits per heavy atom. The molecule has 9 N–H and O–H groups in total. The highest BCUT2D eigenvalue weighted by molar-refractivity contribution is 5.83. The van der Waals surface area contributed by atoms with Gasteiger partial charge in [-0.05, 0) is 104 Å². The van der Waals surface area contributed by atoms with Crippen LogP contribution in [-0.4, -0.2) is 139 Å². The van der Waals surface area contributed by atoms with Gasteiger partial charge in [0.1, 0.15) is 48.8 Å². The van der Waals surface area contributed by atoms with Crippen LogP contribution in [0.4, 0.5) is 0 Å². The summed E-state index contributed by atoms with van der Waals surface area (Å²) < 4.78 is 24.3. The van der Waals surface area contributed by atoms with Gasteiger partial charge in [0.25, 0.3) is 0 Å². The summed E-state index contributed by atoms with van der Waals surface area (Å²) >= 11 is 0. The van der Waals surface area contributed by atoms with Crippen LogP contribution in [0.25, 0.3) is 0 Å². The summed E-state index contributed by atoms with van der Waals surface area (Å²) in [6.45, 7) is 11.5. The summed E-state index contributed by atoms with van der Waals surface area (Å²) in [5.74, 6) is -1.98. The summed E-state index contributed by atoms with van der Waals surface area (Å²) in [5.41, 5.74) is -3.04. The zero-order valence-electron chi connectivity index (χ0n) is 34.1. The van der Waals surface area contributed by atoms with Crippen LogP contribution >= 0.6 is 0 Å². The fourth-order valence-electron chi connectivity index (χ4n) is 13.9. The van der Waals surface area contributed by atoms with Crippen LogP contribution < -0.4 is 0 Å². The van der Waals surface area contributed by atoms with Crippen LogP contribution in [0.5, 0.6) is 0 Å². The second-order valence-electron chi connectivity index (χ2n) is 20.4. The molecule has 6 fully saturated rings. The Labute approximate surface area is 334 Å². The first-order chi connectivity index (χ1) is 26.6. The molecule has 7 aliphatic rings. The SMILES string of the molecule is CC1(C)C=C2C3CCC4C5(C)CCC(OC6OC(CO)C(O)C(O)C6OC6OC(CO)C(O)C(O)C6O)C(C)(C)C5CCC4(C)C3(C(=O)O)CCC2(C(=O)O)CC1. The molecule has 18 atom stereocenters. The lowest BCUT2D eigenvalue weighted by Crippen LogP contribution is -2.69. The van der Waals surface area contributed by atoms with E-state index in [4.69, 9.17) is 18.9 Å². The molecule has 2 saturated heterocycles. The Morgan fingerprint density at radius 1 is 0.667 bits per heavy atom. The van der Waals surface area contributed by atoms with Crippen molar-refractivity contribution in [3.05, 3.63) is 11.6 Å². The van der Waals surface area contributed by atoms with E-state index in [0.29, 0.717) is 51.4 Å². The summed E-state index contributed by atoms with van der Waals surface area (Å²) in [4.78, 5) is 27.0. The van der Waals surface area contributed by atoms with Crippen molar-refractivity contribution in [3.8, 4) is 0 Å². The predicted octanol–water partition coefficient (Wildman–Crippen LogP) is 1.95. The Kier molecular flexibility index (Phi) is 11.2. The highest BCUT2D eigenvalue weighted by Crippen LogP contribution is 2.76. The Bertz CT molecular complexity index is 1580. The minimum absolute atomic E-state index is 0.0230. The van der Waals surface area contributed by atoms with Crippen molar-refractivity contribution in [1.82, 2.24) is 0 Å². The number of carbonyl (C=O) groups is 2. The third kappa shape index (κ3) is 6.30. The molecular weight excluding hydrogens is 744 g/mol. The molecule has 57 heavy (non-hydrogen) atoms. The van der Waals surface area contributed by atoms with Gasteiger partial charge in [0.15, 0.2) is 12.6 Å². The van der Waals surface area contributed by atoms with Crippen LogP contribution in [0.1, 0.15) is 106 Å². The number of rotatable bonds is 8. The Balaban J connectivity index is 1.17. The summed E-state index contributed by atoms with van der Waals surface area (Å²) in [6.07, 6.45) is -8.16. The summed E-state index contributed by atoms with van der Waals surface area (Å²) in [6, 6.07) is 0. The number of carboxylic acid groups (broad SMARTS) is 2.